The molecule has 0 heterocycles. The maximum Gasteiger partial charge on any atom is 0.305 e. The van der Waals surface area contributed by atoms with Crippen molar-refractivity contribution in [1.82, 2.24) is 0 Å². The Morgan fingerprint density at radius 3 is 2.31 bits per heavy atom. The lowest BCUT2D eigenvalue weighted by Crippen LogP contribution is -2.36. The number of hydrogen-bond donors (Lipinski definition) is 0. The topological polar surface area (TPSA) is 35.5 Å². The van der Waals surface area contributed by atoms with Crippen LogP contribution in [-0.4, -0.2) is 27.0 Å². The average molecular weight is 204 g/mol. The molecule has 0 amide bonds. The van der Waals surface area contributed by atoms with Crippen molar-refractivity contribution in [3.8, 4) is 0 Å². The Kier molecular flexibility index (Phi) is 5.25. The molecule has 0 saturated carbocycles. The molecule has 0 aliphatic heterocycles. The lowest BCUT2D eigenvalue weighted by Gasteiger charge is -2.24. The zero-order chi connectivity index (χ0) is 10.5. The minimum Gasteiger partial charge on any atom is -0.466 e. The van der Waals surface area contributed by atoms with E-state index in [1.54, 1.807) is 0 Å². The molecule has 13 heavy (non-hydrogen) atoms. The van der Waals surface area contributed by atoms with Gasteiger partial charge in [-0.2, -0.15) is 0 Å². The molecule has 0 aromatic rings. The van der Waals surface area contributed by atoms with E-state index in [2.05, 4.69) is 0 Å². The van der Waals surface area contributed by atoms with Crippen molar-refractivity contribution in [3.63, 3.8) is 0 Å². The zero-order valence-electron chi connectivity index (χ0n) is 9.22. The Bertz CT molecular complexity index is 166. The second kappa shape index (κ2) is 5.39. The predicted molar refractivity (Wildman–Crippen MR) is 55.1 cm³/mol. The van der Waals surface area contributed by atoms with E-state index in [4.69, 9.17) is 9.16 Å². The van der Waals surface area contributed by atoms with Gasteiger partial charge in [-0.15, -0.1) is 0 Å². The van der Waals surface area contributed by atoms with Gasteiger partial charge >= 0.3 is 5.97 Å². The molecule has 0 atom stereocenters. The number of rotatable bonds is 5. The summed E-state index contributed by atoms with van der Waals surface area (Å²) in [4.78, 5) is 11.2. The van der Waals surface area contributed by atoms with Gasteiger partial charge in [0.2, 0.25) is 0 Å². The highest BCUT2D eigenvalue weighted by Gasteiger charge is 2.28. The molecule has 3 nitrogen and oxygen atoms in total. The van der Waals surface area contributed by atoms with Crippen molar-refractivity contribution in [2.75, 3.05) is 6.61 Å². The highest BCUT2D eigenvalue weighted by atomic mass is 28.4. The van der Waals surface area contributed by atoms with Gasteiger partial charge in [0.1, 0.15) is 0 Å². The van der Waals surface area contributed by atoms with Gasteiger partial charge in [0.25, 0.3) is 0 Å². The zero-order valence-corrected chi connectivity index (χ0v) is 10.2. The highest BCUT2D eigenvalue weighted by Crippen LogP contribution is 2.14. The molecule has 0 spiro atoms. The first kappa shape index (κ1) is 12.6. The Morgan fingerprint density at radius 1 is 1.38 bits per heavy atom. The third-order valence-electron chi connectivity index (χ3n) is 1.43. The van der Waals surface area contributed by atoms with E-state index in [0.717, 1.165) is 0 Å². The fourth-order valence-electron chi connectivity index (χ4n) is 1.24. The molecule has 0 fully saturated rings. The molecule has 0 aliphatic rings. The molecule has 0 unspecified atom stereocenters. The van der Waals surface area contributed by atoms with Crippen LogP contribution in [0.1, 0.15) is 20.8 Å². The van der Waals surface area contributed by atoms with Crippen LogP contribution in [-0.2, 0) is 14.0 Å². The predicted octanol–water partition coefficient (Wildman–Crippen LogP) is 2.18. The SMILES string of the molecule is CCOC(=O)C[Si](C)(C)OC(C)C. The van der Waals surface area contributed by atoms with Crippen LogP contribution in [0.2, 0.25) is 19.1 Å². The quantitative estimate of drug-likeness (QED) is 0.508. The Hall–Kier alpha value is -0.353. The van der Waals surface area contributed by atoms with Crippen LogP contribution in [0, 0.1) is 0 Å². The smallest absolute Gasteiger partial charge is 0.305 e. The van der Waals surface area contributed by atoms with E-state index in [0.29, 0.717) is 12.7 Å². The maximum atomic E-state index is 11.2. The van der Waals surface area contributed by atoms with Gasteiger partial charge in [-0.3, -0.25) is 4.79 Å². The first-order chi connectivity index (χ1) is 5.87. The van der Waals surface area contributed by atoms with Gasteiger partial charge in [0.05, 0.1) is 12.7 Å². The van der Waals surface area contributed by atoms with Gasteiger partial charge in [-0.1, -0.05) is 0 Å². The Labute approximate surface area is 81.6 Å². The molecule has 0 radical (unpaired) electrons. The molecule has 0 saturated heterocycles. The lowest BCUT2D eigenvalue weighted by molar-refractivity contribution is -0.140. The van der Waals surface area contributed by atoms with Crippen LogP contribution in [0.4, 0.5) is 0 Å². The van der Waals surface area contributed by atoms with Crippen LogP contribution in [0.15, 0.2) is 0 Å². The number of carbonyl (C=O) groups excluding carboxylic acids is 1. The number of hydrogen-bond acceptors (Lipinski definition) is 3. The molecule has 0 aliphatic carbocycles. The lowest BCUT2D eigenvalue weighted by atomic mass is 10.5. The Balaban J connectivity index is 3.93. The van der Waals surface area contributed by atoms with Gasteiger partial charge in [0.15, 0.2) is 8.32 Å². The largest absolute Gasteiger partial charge is 0.466 e. The third kappa shape index (κ3) is 6.78. The summed E-state index contributed by atoms with van der Waals surface area (Å²) in [7, 11) is -1.84. The summed E-state index contributed by atoms with van der Waals surface area (Å²) in [6, 6.07) is 0.443. The molecule has 0 bridgehead atoms. The molecule has 78 valence electrons. The van der Waals surface area contributed by atoms with Crippen molar-refractivity contribution in [2.45, 2.75) is 46.0 Å². The molecule has 0 aromatic carbocycles. The summed E-state index contributed by atoms with van der Waals surface area (Å²) < 4.78 is 10.6. The minimum atomic E-state index is -1.84. The molecule has 0 N–H and O–H groups in total. The van der Waals surface area contributed by atoms with E-state index in [-0.39, 0.29) is 12.1 Å². The van der Waals surface area contributed by atoms with Gasteiger partial charge in [-0.05, 0) is 33.9 Å². The standard InChI is InChI=1S/C9H20O3Si/c1-6-11-9(10)7-13(4,5)12-8(2)3/h8H,6-7H2,1-5H3. The van der Waals surface area contributed by atoms with Crippen molar-refractivity contribution in [2.24, 2.45) is 0 Å². The van der Waals surface area contributed by atoms with E-state index >= 15 is 0 Å². The van der Waals surface area contributed by atoms with Crippen LogP contribution in [0.25, 0.3) is 0 Å². The van der Waals surface area contributed by atoms with E-state index < -0.39 is 8.32 Å². The average Bonchev–Trinajstić information content (AvgIpc) is 1.81. The molecule has 0 aromatic heterocycles. The summed E-state index contributed by atoms with van der Waals surface area (Å²) in [6.07, 6.45) is 0.191. The third-order valence-corrected chi connectivity index (χ3v) is 3.68. The van der Waals surface area contributed by atoms with Crippen molar-refractivity contribution < 1.29 is 14.0 Å². The first-order valence-corrected chi connectivity index (χ1v) is 7.82. The number of carbonyl (C=O) groups is 1. The van der Waals surface area contributed by atoms with Crippen molar-refractivity contribution >= 4 is 14.3 Å². The van der Waals surface area contributed by atoms with E-state index in [1.165, 1.54) is 0 Å². The molecular weight excluding hydrogens is 184 g/mol. The number of ether oxygens (including phenoxy) is 1. The van der Waals surface area contributed by atoms with Crippen molar-refractivity contribution in [1.29, 1.82) is 0 Å². The maximum absolute atomic E-state index is 11.2. The van der Waals surface area contributed by atoms with Gasteiger partial charge in [-0.25, -0.2) is 0 Å². The van der Waals surface area contributed by atoms with Crippen LogP contribution in [0.3, 0.4) is 0 Å². The normalized spacial score (nSPS) is 11.8. The summed E-state index contributed by atoms with van der Waals surface area (Å²) in [5.74, 6) is -0.139. The fraction of sp³-hybridized carbons (Fsp3) is 0.889. The molecule has 4 heteroatoms. The molecule has 0 rings (SSSR count). The second-order valence-electron chi connectivity index (χ2n) is 3.91. The van der Waals surface area contributed by atoms with E-state index in [1.807, 2.05) is 33.9 Å². The fourth-order valence-corrected chi connectivity index (χ4v) is 3.40. The summed E-state index contributed by atoms with van der Waals surface area (Å²) in [6.45, 7) is 10.3. The van der Waals surface area contributed by atoms with Gasteiger partial charge in [0, 0.05) is 6.10 Å². The molecular formula is C9H20O3Si. The van der Waals surface area contributed by atoms with Crippen molar-refractivity contribution in [3.05, 3.63) is 0 Å². The summed E-state index contributed by atoms with van der Waals surface area (Å²) in [5.41, 5.74) is 0. The van der Waals surface area contributed by atoms with Crippen LogP contribution < -0.4 is 0 Å². The second-order valence-corrected chi connectivity index (χ2v) is 8.02. The van der Waals surface area contributed by atoms with E-state index in [9.17, 15) is 4.79 Å². The Morgan fingerprint density at radius 2 is 1.92 bits per heavy atom. The number of esters is 1. The highest BCUT2D eigenvalue weighted by molar-refractivity contribution is 6.73. The van der Waals surface area contributed by atoms with Crippen LogP contribution in [0.5, 0.6) is 0 Å². The monoisotopic (exact) mass is 204 g/mol. The van der Waals surface area contributed by atoms with Gasteiger partial charge < -0.3 is 9.16 Å². The summed E-state index contributed by atoms with van der Waals surface area (Å²) in [5, 5.41) is 0. The summed E-state index contributed by atoms with van der Waals surface area (Å²) >= 11 is 0. The van der Waals surface area contributed by atoms with Crippen LogP contribution >= 0.6 is 0 Å². The minimum absolute atomic E-state index is 0.139. The first-order valence-electron chi connectivity index (χ1n) is 4.71.